The van der Waals surface area contributed by atoms with Gasteiger partial charge in [0.25, 0.3) is 0 Å². The van der Waals surface area contributed by atoms with E-state index in [-0.39, 0.29) is 23.8 Å². The number of halogens is 1. The van der Waals surface area contributed by atoms with Gasteiger partial charge in [0, 0.05) is 24.2 Å². The van der Waals surface area contributed by atoms with E-state index in [1.807, 2.05) is 5.38 Å². The summed E-state index contributed by atoms with van der Waals surface area (Å²) in [6.45, 7) is 0.210. The molecule has 2 heterocycles. The minimum absolute atomic E-state index is 0.106. The fourth-order valence-corrected chi connectivity index (χ4v) is 3.34. The van der Waals surface area contributed by atoms with Crippen molar-refractivity contribution in [3.8, 4) is 11.8 Å². The smallest absolute Gasteiger partial charge is 0.223 e. The lowest BCUT2D eigenvalue weighted by Gasteiger charge is -2.15. The maximum atomic E-state index is 9.26. The SMILES string of the molecule is Nc1nc(Cl)c(C#Cc2nccs2)c(N[C@H]2CC[C@@H](CO)C2)n1. The first-order valence-corrected chi connectivity index (χ1v) is 8.53. The normalized spacial score (nSPS) is 20.1. The molecule has 2 aromatic rings. The minimum Gasteiger partial charge on any atom is -0.396 e. The molecule has 3 rings (SSSR count). The minimum atomic E-state index is 0.106. The molecule has 0 saturated heterocycles. The van der Waals surface area contributed by atoms with E-state index in [2.05, 4.69) is 32.1 Å². The second kappa shape index (κ2) is 7.13. The molecule has 0 radical (unpaired) electrons. The predicted molar refractivity (Wildman–Crippen MR) is 91.4 cm³/mol. The van der Waals surface area contributed by atoms with Crippen LogP contribution in [0.2, 0.25) is 5.15 Å². The van der Waals surface area contributed by atoms with Crippen molar-refractivity contribution in [1.29, 1.82) is 0 Å². The van der Waals surface area contributed by atoms with Gasteiger partial charge in [0.2, 0.25) is 5.95 Å². The van der Waals surface area contributed by atoms with Crippen molar-refractivity contribution < 1.29 is 5.11 Å². The van der Waals surface area contributed by atoms with Gasteiger partial charge in [-0.25, -0.2) is 4.98 Å². The van der Waals surface area contributed by atoms with Crippen molar-refractivity contribution in [3.63, 3.8) is 0 Å². The Labute approximate surface area is 143 Å². The second-order valence-corrected chi connectivity index (χ2v) is 6.64. The zero-order valence-corrected chi connectivity index (χ0v) is 13.9. The Kier molecular flexibility index (Phi) is 4.96. The maximum Gasteiger partial charge on any atom is 0.223 e. The fraction of sp³-hybridized carbons (Fsp3) is 0.400. The number of nitrogen functional groups attached to an aromatic ring is 1. The maximum absolute atomic E-state index is 9.26. The number of hydrogen-bond acceptors (Lipinski definition) is 7. The summed E-state index contributed by atoms with van der Waals surface area (Å²) >= 11 is 7.64. The van der Waals surface area contributed by atoms with Crippen LogP contribution in [0.4, 0.5) is 11.8 Å². The van der Waals surface area contributed by atoms with Gasteiger partial charge >= 0.3 is 0 Å². The van der Waals surface area contributed by atoms with Gasteiger partial charge in [0.15, 0.2) is 10.2 Å². The Morgan fingerprint density at radius 2 is 2.26 bits per heavy atom. The molecule has 4 N–H and O–H groups in total. The van der Waals surface area contributed by atoms with Crippen LogP contribution >= 0.6 is 22.9 Å². The molecule has 2 aromatic heterocycles. The van der Waals surface area contributed by atoms with Crippen LogP contribution in [-0.2, 0) is 0 Å². The van der Waals surface area contributed by atoms with Crippen LogP contribution in [0, 0.1) is 17.8 Å². The molecular formula is C15H16ClN5OS. The number of rotatable bonds is 3. The van der Waals surface area contributed by atoms with E-state index < -0.39 is 0 Å². The summed E-state index contributed by atoms with van der Waals surface area (Å²) in [6, 6.07) is 0.220. The van der Waals surface area contributed by atoms with Gasteiger partial charge in [-0.1, -0.05) is 17.5 Å². The van der Waals surface area contributed by atoms with E-state index in [0.29, 0.717) is 22.3 Å². The van der Waals surface area contributed by atoms with E-state index in [0.717, 1.165) is 19.3 Å². The topological polar surface area (TPSA) is 97.0 Å². The third-order valence-electron chi connectivity index (χ3n) is 3.75. The molecule has 1 aliphatic carbocycles. The van der Waals surface area contributed by atoms with Crippen molar-refractivity contribution in [1.82, 2.24) is 15.0 Å². The van der Waals surface area contributed by atoms with Crippen molar-refractivity contribution in [3.05, 3.63) is 27.3 Å². The Bertz CT molecular complexity index is 740. The van der Waals surface area contributed by atoms with Crippen molar-refractivity contribution in [2.75, 3.05) is 17.7 Å². The number of hydrogen-bond donors (Lipinski definition) is 3. The summed E-state index contributed by atoms with van der Waals surface area (Å²) < 4.78 is 0. The lowest BCUT2D eigenvalue weighted by molar-refractivity contribution is 0.229. The lowest BCUT2D eigenvalue weighted by atomic mass is 10.1. The fourth-order valence-electron chi connectivity index (χ4n) is 2.63. The number of nitrogens with one attached hydrogen (secondary N) is 1. The van der Waals surface area contributed by atoms with Crippen LogP contribution in [0.1, 0.15) is 29.8 Å². The van der Waals surface area contributed by atoms with Crippen LogP contribution in [0.3, 0.4) is 0 Å². The van der Waals surface area contributed by atoms with Gasteiger partial charge in [0.05, 0.1) is 0 Å². The average molecular weight is 350 g/mol. The first kappa shape index (κ1) is 16.0. The second-order valence-electron chi connectivity index (χ2n) is 5.39. The number of aliphatic hydroxyl groups is 1. The first-order valence-electron chi connectivity index (χ1n) is 7.27. The molecule has 6 nitrogen and oxygen atoms in total. The third-order valence-corrected chi connectivity index (χ3v) is 4.71. The summed E-state index contributed by atoms with van der Waals surface area (Å²) in [5.41, 5.74) is 6.22. The van der Waals surface area contributed by atoms with Crippen LogP contribution < -0.4 is 11.1 Å². The molecule has 0 amide bonds. The lowest BCUT2D eigenvalue weighted by Crippen LogP contribution is -2.19. The number of nitrogens with two attached hydrogens (primary N) is 1. The summed E-state index contributed by atoms with van der Waals surface area (Å²) in [6.07, 6.45) is 4.54. The Balaban J connectivity index is 1.86. The predicted octanol–water partition coefficient (Wildman–Crippen LogP) is 2.14. The van der Waals surface area contributed by atoms with E-state index in [1.165, 1.54) is 11.3 Å². The molecule has 0 unspecified atom stereocenters. The monoisotopic (exact) mass is 349 g/mol. The molecule has 0 bridgehead atoms. The highest BCUT2D eigenvalue weighted by atomic mass is 35.5. The summed E-state index contributed by atoms with van der Waals surface area (Å²) in [7, 11) is 0. The zero-order valence-electron chi connectivity index (χ0n) is 12.3. The highest BCUT2D eigenvalue weighted by molar-refractivity contribution is 7.10. The molecule has 0 spiro atoms. The summed E-state index contributed by atoms with van der Waals surface area (Å²) in [5, 5.41) is 15.4. The van der Waals surface area contributed by atoms with E-state index in [9.17, 15) is 5.11 Å². The summed E-state index contributed by atoms with van der Waals surface area (Å²) in [4.78, 5) is 12.3. The van der Waals surface area contributed by atoms with Crippen molar-refractivity contribution >= 4 is 34.7 Å². The van der Waals surface area contributed by atoms with Crippen LogP contribution in [0.25, 0.3) is 0 Å². The average Bonchev–Trinajstić information content (AvgIpc) is 3.17. The number of nitrogens with zero attached hydrogens (tertiary/aromatic N) is 3. The van der Waals surface area contributed by atoms with Crippen LogP contribution in [-0.4, -0.2) is 32.7 Å². The van der Waals surface area contributed by atoms with Gasteiger partial charge in [0.1, 0.15) is 11.4 Å². The molecule has 1 saturated carbocycles. The van der Waals surface area contributed by atoms with Crippen LogP contribution in [0.5, 0.6) is 0 Å². The molecule has 23 heavy (non-hydrogen) atoms. The molecule has 0 aliphatic heterocycles. The van der Waals surface area contributed by atoms with Gasteiger partial charge in [-0.3, -0.25) is 0 Å². The third kappa shape index (κ3) is 3.91. The van der Waals surface area contributed by atoms with Gasteiger partial charge < -0.3 is 16.2 Å². The van der Waals surface area contributed by atoms with Gasteiger partial charge in [-0.15, -0.1) is 11.3 Å². The van der Waals surface area contributed by atoms with E-state index >= 15 is 0 Å². The van der Waals surface area contributed by atoms with E-state index in [4.69, 9.17) is 17.3 Å². The molecule has 1 fully saturated rings. The highest BCUT2D eigenvalue weighted by Crippen LogP contribution is 2.29. The van der Waals surface area contributed by atoms with Crippen LogP contribution in [0.15, 0.2) is 11.6 Å². The van der Waals surface area contributed by atoms with Crippen molar-refractivity contribution in [2.45, 2.75) is 25.3 Å². The Morgan fingerprint density at radius 1 is 1.39 bits per heavy atom. The first-order chi connectivity index (χ1) is 11.2. The molecule has 2 atom stereocenters. The Hall–Kier alpha value is -1.88. The largest absolute Gasteiger partial charge is 0.396 e. The molecule has 120 valence electrons. The summed E-state index contributed by atoms with van der Waals surface area (Å²) in [5.74, 6) is 6.91. The quantitative estimate of drug-likeness (QED) is 0.580. The standard InChI is InChI=1S/C15H16ClN5OS/c16-13-11(3-4-12-18-5-6-23-12)14(21-15(17)20-13)19-10-2-1-9(7-10)8-22/h5-6,9-10,22H,1-2,7-8H2,(H3,17,19,20,21)/t9-,10+/m1/s1. The number of aliphatic hydroxyl groups excluding tert-OH is 1. The molecular weight excluding hydrogens is 334 g/mol. The number of thiazole rings is 1. The van der Waals surface area contributed by atoms with Gasteiger partial charge in [-0.2, -0.15) is 9.97 Å². The molecule has 8 heteroatoms. The molecule has 1 aliphatic rings. The Morgan fingerprint density at radius 3 is 2.96 bits per heavy atom. The van der Waals surface area contributed by atoms with Crippen molar-refractivity contribution in [2.24, 2.45) is 5.92 Å². The number of aromatic nitrogens is 3. The molecule has 0 aromatic carbocycles. The highest BCUT2D eigenvalue weighted by Gasteiger charge is 2.25. The van der Waals surface area contributed by atoms with Gasteiger partial charge in [-0.05, 0) is 31.1 Å². The number of anilines is 2. The zero-order chi connectivity index (χ0) is 16.2. The van der Waals surface area contributed by atoms with E-state index in [1.54, 1.807) is 6.20 Å².